The Labute approximate surface area is 263 Å². The number of aryl methyl sites for hydroxylation is 4. The number of benzene rings is 1. The average molecular weight is 628 g/mol. The number of nitrogens with one attached hydrogen (secondary N) is 1. The van der Waals surface area contributed by atoms with Crippen LogP contribution in [0.2, 0.25) is 0 Å². The number of nitrogens with zero attached hydrogens (tertiary/aromatic N) is 4. The smallest absolute Gasteiger partial charge is 0.344 e. The zero-order valence-electron chi connectivity index (χ0n) is 26.0. The summed E-state index contributed by atoms with van der Waals surface area (Å²) < 4.78 is 13.6. The van der Waals surface area contributed by atoms with Crippen LogP contribution in [0.1, 0.15) is 46.0 Å². The number of amides is 1. The number of hydrogen-bond donors (Lipinski definition) is 2. The van der Waals surface area contributed by atoms with E-state index in [1.807, 2.05) is 27.7 Å². The van der Waals surface area contributed by atoms with Crippen molar-refractivity contribution in [3.63, 3.8) is 0 Å². The summed E-state index contributed by atoms with van der Waals surface area (Å²) in [5.41, 5.74) is 1.73. The van der Waals surface area contributed by atoms with Crippen LogP contribution >= 0.6 is 0 Å². The molecular formula is C33H33N5O8. The number of esters is 1. The van der Waals surface area contributed by atoms with Crippen molar-refractivity contribution in [3.8, 4) is 5.75 Å². The Kier molecular flexibility index (Phi) is 10.3. The molecule has 0 aliphatic heterocycles. The van der Waals surface area contributed by atoms with Crippen molar-refractivity contribution in [1.29, 1.82) is 0 Å². The fraction of sp³-hybridized carbons (Fsp3) is 0.242. The third-order valence-corrected chi connectivity index (χ3v) is 6.97. The minimum Gasteiger partial charge on any atom is -0.495 e. The van der Waals surface area contributed by atoms with Gasteiger partial charge in [-0.3, -0.25) is 14.4 Å². The molecule has 238 valence electrons. The van der Waals surface area contributed by atoms with Gasteiger partial charge in [0.05, 0.1) is 23.6 Å². The van der Waals surface area contributed by atoms with Crippen LogP contribution in [0.4, 0.5) is 5.69 Å². The molecule has 0 aliphatic carbocycles. The number of carboxylic acids is 1. The van der Waals surface area contributed by atoms with Gasteiger partial charge in [-0.25, -0.2) is 19.6 Å². The highest BCUT2D eigenvalue weighted by Gasteiger charge is 2.19. The number of pyridine rings is 4. The van der Waals surface area contributed by atoms with Crippen molar-refractivity contribution in [2.24, 2.45) is 0 Å². The summed E-state index contributed by atoms with van der Waals surface area (Å²) in [5, 5.41) is 12.2. The molecule has 0 bridgehead atoms. The molecule has 46 heavy (non-hydrogen) atoms. The van der Waals surface area contributed by atoms with Crippen LogP contribution in [0.25, 0.3) is 22.1 Å². The quantitative estimate of drug-likeness (QED) is 0.240. The second kappa shape index (κ2) is 14.3. The maximum Gasteiger partial charge on any atom is 0.344 e. The molecule has 0 aliphatic rings. The number of carboxylic acid groups (broad SMARTS) is 1. The molecule has 1 amide bonds. The molecule has 0 unspecified atom stereocenters. The third kappa shape index (κ3) is 7.09. The molecule has 4 aromatic heterocycles. The summed E-state index contributed by atoms with van der Waals surface area (Å²) in [5.74, 6) is -2.14. The topological polar surface area (TPSA) is 172 Å². The summed E-state index contributed by atoms with van der Waals surface area (Å²) >= 11 is 0. The highest BCUT2D eigenvalue weighted by molar-refractivity contribution is 5.97. The van der Waals surface area contributed by atoms with Gasteiger partial charge >= 0.3 is 11.9 Å². The number of fused-ring (bicyclic) bond motifs is 2. The van der Waals surface area contributed by atoms with Crippen molar-refractivity contribution in [3.05, 3.63) is 104 Å². The number of anilines is 1. The summed E-state index contributed by atoms with van der Waals surface area (Å²) in [4.78, 5) is 68.8. The molecule has 5 aromatic rings. The van der Waals surface area contributed by atoms with Crippen LogP contribution in [0.5, 0.6) is 5.75 Å². The van der Waals surface area contributed by atoms with Crippen molar-refractivity contribution in [2.45, 2.75) is 40.8 Å². The van der Waals surface area contributed by atoms with Gasteiger partial charge in [-0.15, -0.1) is 0 Å². The second-order valence-corrected chi connectivity index (χ2v) is 10.1. The highest BCUT2D eigenvalue weighted by Crippen LogP contribution is 2.22. The minimum absolute atomic E-state index is 0.143. The molecule has 0 radical (unpaired) electrons. The van der Waals surface area contributed by atoms with E-state index in [0.29, 0.717) is 46.6 Å². The first-order valence-electron chi connectivity index (χ1n) is 14.3. The van der Waals surface area contributed by atoms with Crippen LogP contribution in [-0.2, 0) is 22.6 Å². The van der Waals surface area contributed by atoms with E-state index < -0.39 is 35.3 Å². The zero-order valence-corrected chi connectivity index (χ0v) is 26.0. The molecule has 13 nitrogen and oxygen atoms in total. The van der Waals surface area contributed by atoms with E-state index >= 15 is 0 Å². The Morgan fingerprint density at radius 1 is 0.804 bits per heavy atom. The number of para-hydroxylation sites is 2. The highest BCUT2D eigenvalue weighted by atomic mass is 16.5. The van der Waals surface area contributed by atoms with Gasteiger partial charge in [0.25, 0.3) is 5.91 Å². The maximum atomic E-state index is 12.7. The number of carbonyl (C=O) groups is 3. The predicted octanol–water partition coefficient (Wildman–Crippen LogP) is 3.95. The minimum atomic E-state index is -1.21. The Balaban J connectivity index is 0.000000240. The molecule has 13 heteroatoms. The average Bonchev–Trinajstić information content (AvgIpc) is 3.04. The standard InChI is InChI=1S/C21H21N3O5.C12H12N2O3/c1-4-24-11-15(19(26)14-10-9-13(2)22-20(14)24)21(27)29-12-18(25)23-16-7-5-6-8-17(16)28-3;1-3-14-6-9(12(16)17)10(15)8-5-4-7(2)13-11(8)14/h5-11H,4,12H2,1-3H3,(H,23,25);4-6H,3H2,1-2H3,(H,16,17). The van der Waals surface area contributed by atoms with Crippen LogP contribution in [0, 0.1) is 13.8 Å². The van der Waals surface area contributed by atoms with Crippen molar-refractivity contribution < 1.29 is 29.0 Å². The summed E-state index contributed by atoms with van der Waals surface area (Å²) in [6, 6.07) is 13.5. The molecule has 5 rings (SSSR count). The lowest BCUT2D eigenvalue weighted by Gasteiger charge is -2.12. The Bertz CT molecular complexity index is 2080. The SMILES string of the molecule is CCn1cc(C(=O)O)c(=O)c2ccc(C)nc21.CCn1cc(C(=O)OCC(=O)Nc2ccccc2OC)c(=O)c2ccc(C)nc21. The Hall–Kier alpha value is -5.85. The Morgan fingerprint density at radius 2 is 1.33 bits per heavy atom. The summed E-state index contributed by atoms with van der Waals surface area (Å²) in [6.45, 7) is 7.95. The van der Waals surface area contributed by atoms with E-state index in [0.717, 1.165) is 11.4 Å². The fourth-order valence-corrected chi connectivity index (χ4v) is 4.64. The fourth-order valence-electron chi connectivity index (χ4n) is 4.64. The van der Waals surface area contributed by atoms with Crippen molar-refractivity contribution >= 4 is 45.6 Å². The van der Waals surface area contributed by atoms with Crippen molar-refractivity contribution in [2.75, 3.05) is 19.0 Å². The lowest BCUT2D eigenvalue weighted by atomic mass is 10.2. The normalized spacial score (nSPS) is 10.6. The van der Waals surface area contributed by atoms with Gasteiger partial charge in [-0.1, -0.05) is 12.1 Å². The van der Waals surface area contributed by atoms with Gasteiger partial charge in [0.15, 0.2) is 6.61 Å². The summed E-state index contributed by atoms with van der Waals surface area (Å²) in [7, 11) is 1.49. The van der Waals surface area contributed by atoms with Crippen LogP contribution in [0.3, 0.4) is 0 Å². The van der Waals surface area contributed by atoms with Crippen LogP contribution in [0.15, 0.2) is 70.5 Å². The van der Waals surface area contributed by atoms with E-state index in [-0.39, 0.29) is 11.1 Å². The monoisotopic (exact) mass is 627 g/mol. The van der Waals surface area contributed by atoms with E-state index in [1.165, 1.54) is 19.5 Å². The molecule has 4 heterocycles. The largest absolute Gasteiger partial charge is 0.495 e. The third-order valence-electron chi connectivity index (χ3n) is 6.97. The molecule has 0 saturated carbocycles. The van der Waals surface area contributed by atoms with E-state index in [9.17, 15) is 24.0 Å². The maximum absolute atomic E-state index is 12.7. The summed E-state index contributed by atoms with van der Waals surface area (Å²) in [6.07, 6.45) is 2.76. The molecule has 2 N–H and O–H groups in total. The number of aromatic carboxylic acids is 1. The van der Waals surface area contributed by atoms with Crippen molar-refractivity contribution in [1.82, 2.24) is 19.1 Å². The molecule has 0 atom stereocenters. The van der Waals surface area contributed by atoms with Gasteiger partial charge in [-0.05, 0) is 64.1 Å². The number of hydrogen-bond acceptors (Lipinski definition) is 9. The predicted molar refractivity (Wildman–Crippen MR) is 172 cm³/mol. The van der Waals surface area contributed by atoms with Gasteiger partial charge in [-0.2, -0.15) is 0 Å². The lowest BCUT2D eigenvalue weighted by Crippen LogP contribution is -2.25. The molecule has 0 spiro atoms. The number of rotatable bonds is 8. The number of ether oxygens (including phenoxy) is 2. The molecule has 0 saturated heterocycles. The van der Waals surface area contributed by atoms with Gasteiger partial charge in [0, 0.05) is 36.9 Å². The molecule has 0 fully saturated rings. The van der Waals surface area contributed by atoms with Gasteiger partial charge < -0.3 is 29.0 Å². The van der Waals surface area contributed by atoms with Crippen LogP contribution < -0.4 is 20.9 Å². The van der Waals surface area contributed by atoms with Gasteiger partial charge in [0.1, 0.15) is 28.2 Å². The molecular weight excluding hydrogens is 594 g/mol. The first kappa shape index (κ1) is 33.1. The van der Waals surface area contributed by atoms with Gasteiger partial charge in [0.2, 0.25) is 10.9 Å². The zero-order chi connectivity index (χ0) is 33.5. The first-order valence-corrected chi connectivity index (χ1v) is 14.3. The number of methoxy groups -OCH3 is 1. The van der Waals surface area contributed by atoms with E-state index in [1.54, 1.807) is 57.7 Å². The first-order chi connectivity index (χ1) is 22.0. The molecule has 1 aromatic carbocycles. The van der Waals surface area contributed by atoms with E-state index in [2.05, 4.69) is 15.3 Å². The number of carbonyl (C=O) groups excluding carboxylic acids is 2. The van der Waals surface area contributed by atoms with Crippen LogP contribution in [-0.4, -0.2) is 55.8 Å². The number of aromatic nitrogens is 4. The Morgan fingerprint density at radius 3 is 1.85 bits per heavy atom. The second-order valence-electron chi connectivity index (χ2n) is 10.1. The van der Waals surface area contributed by atoms with E-state index in [4.69, 9.17) is 14.6 Å². The lowest BCUT2D eigenvalue weighted by molar-refractivity contribution is -0.119.